The third-order valence-corrected chi connectivity index (χ3v) is 3.91. The fourth-order valence-corrected chi connectivity index (χ4v) is 1.84. The molecule has 7 heavy (non-hydrogen) atoms. The average Bonchev–Trinajstić information content (AvgIpc) is 1.91. The first-order chi connectivity index (χ1) is 3.30. The zero-order valence-corrected chi connectivity index (χ0v) is 5.96. The molecule has 0 radical (unpaired) electrons. The highest BCUT2D eigenvalue weighted by Crippen LogP contribution is 2.07. The van der Waals surface area contributed by atoms with E-state index in [9.17, 15) is 0 Å². The summed E-state index contributed by atoms with van der Waals surface area (Å²) in [5.74, 6) is 0. The Bertz CT molecular complexity index is 122. The summed E-state index contributed by atoms with van der Waals surface area (Å²) in [5, 5.41) is 1.61. The van der Waals surface area contributed by atoms with Crippen LogP contribution in [0.25, 0.3) is 0 Å². The van der Waals surface area contributed by atoms with E-state index >= 15 is 0 Å². The van der Waals surface area contributed by atoms with E-state index in [1.54, 1.807) is 5.20 Å². The van der Waals surface area contributed by atoms with E-state index in [1.165, 1.54) is 0 Å². The standard InChI is InChI=1S/C6H10Si/c1-6-4-3-5-7(6)2/h3-5,7H,1-2H3. The Balaban J connectivity index is 2.69. The van der Waals surface area contributed by atoms with Gasteiger partial charge in [0, 0.05) is 0 Å². The Kier molecular flexibility index (Phi) is 1.15. The second-order valence-electron chi connectivity index (χ2n) is 2.08. The lowest BCUT2D eigenvalue weighted by molar-refractivity contribution is 1.65. The van der Waals surface area contributed by atoms with E-state index in [4.69, 9.17) is 0 Å². The molecule has 1 rings (SSSR count). The van der Waals surface area contributed by atoms with Crippen molar-refractivity contribution in [3.63, 3.8) is 0 Å². The zero-order valence-electron chi connectivity index (χ0n) is 4.81. The first kappa shape index (κ1) is 4.85. The van der Waals surface area contributed by atoms with Gasteiger partial charge in [0.25, 0.3) is 0 Å². The molecule has 0 N–H and O–H groups in total. The monoisotopic (exact) mass is 110 g/mol. The third-order valence-electron chi connectivity index (χ3n) is 1.48. The highest BCUT2D eigenvalue weighted by molar-refractivity contribution is 6.71. The van der Waals surface area contributed by atoms with E-state index < -0.39 is 8.80 Å². The quantitative estimate of drug-likeness (QED) is 0.414. The summed E-state index contributed by atoms with van der Waals surface area (Å²) in [6, 6.07) is 0. The minimum atomic E-state index is -0.463. The number of hydrogen-bond acceptors (Lipinski definition) is 0. The molecule has 0 aromatic carbocycles. The van der Waals surface area contributed by atoms with Gasteiger partial charge in [-0.05, 0) is 6.92 Å². The lowest BCUT2D eigenvalue weighted by Gasteiger charge is -1.94. The van der Waals surface area contributed by atoms with E-state index in [0.717, 1.165) is 0 Å². The number of hydrogen-bond donors (Lipinski definition) is 0. The molecular formula is C6H10Si. The lowest BCUT2D eigenvalue weighted by atomic mass is 10.5. The van der Waals surface area contributed by atoms with Crippen molar-refractivity contribution in [2.24, 2.45) is 0 Å². The molecule has 0 aliphatic carbocycles. The normalized spacial score (nSPS) is 28.3. The van der Waals surface area contributed by atoms with Gasteiger partial charge in [0.05, 0.1) is 8.80 Å². The van der Waals surface area contributed by atoms with Crippen molar-refractivity contribution in [1.29, 1.82) is 0 Å². The van der Waals surface area contributed by atoms with Gasteiger partial charge in [-0.2, -0.15) is 0 Å². The van der Waals surface area contributed by atoms with Crippen LogP contribution in [0.15, 0.2) is 23.0 Å². The summed E-state index contributed by atoms with van der Waals surface area (Å²) in [7, 11) is -0.463. The van der Waals surface area contributed by atoms with E-state index in [-0.39, 0.29) is 0 Å². The van der Waals surface area contributed by atoms with Crippen LogP contribution in [0.5, 0.6) is 0 Å². The third kappa shape index (κ3) is 0.828. The largest absolute Gasteiger partial charge is 0.0935 e. The molecule has 0 spiro atoms. The van der Waals surface area contributed by atoms with Gasteiger partial charge in [-0.3, -0.25) is 0 Å². The molecule has 0 saturated carbocycles. The van der Waals surface area contributed by atoms with Crippen molar-refractivity contribution in [3.8, 4) is 0 Å². The van der Waals surface area contributed by atoms with Gasteiger partial charge < -0.3 is 0 Å². The Hall–Kier alpha value is -0.303. The van der Waals surface area contributed by atoms with E-state index in [0.29, 0.717) is 0 Å². The van der Waals surface area contributed by atoms with Crippen LogP contribution in [0.2, 0.25) is 6.55 Å². The minimum Gasteiger partial charge on any atom is -0.0935 e. The molecule has 1 aliphatic rings. The highest BCUT2D eigenvalue weighted by Gasteiger charge is 2.02. The molecule has 0 amide bonds. The van der Waals surface area contributed by atoms with Crippen molar-refractivity contribution in [1.82, 2.24) is 0 Å². The summed E-state index contributed by atoms with van der Waals surface area (Å²) >= 11 is 0. The molecule has 0 saturated heterocycles. The Morgan fingerprint density at radius 3 is 2.43 bits per heavy atom. The summed E-state index contributed by atoms with van der Waals surface area (Å²) in [6.07, 6.45) is 4.39. The van der Waals surface area contributed by atoms with Crippen LogP contribution in [0, 0.1) is 0 Å². The molecule has 1 heteroatoms. The van der Waals surface area contributed by atoms with Gasteiger partial charge in [0.1, 0.15) is 0 Å². The molecular weight excluding hydrogens is 100 g/mol. The molecule has 1 unspecified atom stereocenters. The Morgan fingerprint density at radius 2 is 2.29 bits per heavy atom. The summed E-state index contributed by atoms with van der Waals surface area (Å²) in [6.45, 7) is 4.56. The van der Waals surface area contributed by atoms with Crippen molar-refractivity contribution >= 4 is 8.80 Å². The van der Waals surface area contributed by atoms with Crippen LogP contribution in [-0.2, 0) is 0 Å². The van der Waals surface area contributed by atoms with Gasteiger partial charge >= 0.3 is 0 Å². The fourth-order valence-electron chi connectivity index (χ4n) is 0.678. The van der Waals surface area contributed by atoms with Gasteiger partial charge in [-0.15, -0.1) is 0 Å². The fraction of sp³-hybridized carbons (Fsp3) is 0.333. The lowest BCUT2D eigenvalue weighted by Crippen LogP contribution is -1.99. The Morgan fingerprint density at radius 1 is 1.57 bits per heavy atom. The number of allylic oxidation sites excluding steroid dienone is 3. The van der Waals surface area contributed by atoms with Crippen LogP contribution in [0.1, 0.15) is 6.92 Å². The molecule has 0 nitrogen and oxygen atoms in total. The Labute approximate surface area is 46.2 Å². The molecule has 0 aromatic heterocycles. The summed E-state index contributed by atoms with van der Waals surface area (Å²) in [5.41, 5.74) is 2.34. The van der Waals surface area contributed by atoms with Gasteiger partial charge in [-0.1, -0.05) is 29.6 Å². The van der Waals surface area contributed by atoms with Crippen LogP contribution in [0.4, 0.5) is 0 Å². The number of rotatable bonds is 0. The van der Waals surface area contributed by atoms with Gasteiger partial charge in [0.15, 0.2) is 0 Å². The van der Waals surface area contributed by atoms with Crippen molar-refractivity contribution in [2.75, 3.05) is 0 Å². The maximum absolute atomic E-state index is 2.34. The van der Waals surface area contributed by atoms with Crippen molar-refractivity contribution in [2.45, 2.75) is 13.5 Å². The maximum atomic E-state index is 2.34. The molecule has 1 aliphatic heterocycles. The average molecular weight is 110 g/mol. The second-order valence-corrected chi connectivity index (χ2v) is 4.96. The van der Waals surface area contributed by atoms with Crippen LogP contribution in [0.3, 0.4) is 0 Å². The maximum Gasteiger partial charge on any atom is 0.0855 e. The second kappa shape index (κ2) is 1.66. The molecule has 38 valence electrons. The van der Waals surface area contributed by atoms with E-state index in [2.05, 4.69) is 31.3 Å². The predicted octanol–water partition coefficient (Wildman–Crippen LogP) is 1.44. The SMILES string of the molecule is CC1=CC=C[SiH]1C. The van der Waals surface area contributed by atoms with Crippen molar-refractivity contribution < 1.29 is 0 Å². The first-order valence-electron chi connectivity index (χ1n) is 2.65. The molecule has 0 aromatic rings. The van der Waals surface area contributed by atoms with Gasteiger partial charge in [0.2, 0.25) is 0 Å². The molecule has 0 fully saturated rings. The first-order valence-corrected chi connectivity index (χ1v) is 5.05. The van der Waals surface area contributed by atoms with E-state index in [1.807, 2.05) is 0 Å². The molecule has 0 bridgehead atoms. The zero-order chi connectivity index (χ0) is 5.28. The summed E-state index contributed by atoms with van der Waals surface area (Å²) in [4.78, 5) is 0. The molecule has 1 heterocycles. The van der Waals surface area contributed by atoms with Crippen LogP contribution >= 0.6 is 0 Å². The smallest absolute Gasteiger partial charge is 0.0855 e. The van der Waals surface area contributed by atoms with Crippen molar-refractivity contribution in [3.05, 3.63) is 23.0 Å². The minimum absolute atomic E-state index is 0.463. The predicted molar refractivity (Wildman–Crippen MR) is 35.9 cm³/mol. The van der Waals surface area contributed by atoms with Crippen LogP contribution < -0.4 is 0 Å². The molecule has 1 atom stereocenters. The van der Waals surface area contributed by atoms with Crippen LogP contribution in [-0.4, -0.2) is 8.80 Å². The topological polar surface area (TPSA) is 0 Å². The van der Waals surface area contributed by atoms with Gasteiger partial charge in [-0.25, -0.2) is 0 Å². The summed E-state index contributed by atoms with van der Waals surface area (Å²) < 4.78 is 0. The highest BCUT2D eigenvalue weighted by atomic mass is 28.3.